The average molecular weight is 594 g/mol. The third kappa shape index (κ3) is 3.51. The van der Waals surface area contributed by atoms with Gasteiger partial charge in [-0.05, 0) is 36.4 Å². The lowest BCUT2D eigenvalue weighted by molar-refractivity contribution is 0.893. The summed E-state index contributed by atoms with van der Waals surface area (Å²) in [5.74, 6) is 1.82. The topological polar surface area (TPSA) is 48.5 Å². The molecule has 6 heteroatoms. The van der Waals surface area contributed by atoms with E-state index in [0.29, 0.717) is 17.7 Å². The van der Waals surface area contributed by atoms with Crippen molar-refractivity contribution in [2.75, 3.05) is 0 Å². The van der Waals surface area contributed by atoms with Crippen LogP contribution in [0.2, 0.25) is 0 Å². The third-order valence-corrected chi connectivity index (χ3v) is 9.95. The van der Waals surface area contributed by atoms with E-state index in [2.05, 4.69) is 149 Å². The highest BCUT2D eigenvalue weighted by Crippen LogP contribution is 2.40. The van der Waals surface area contributed by atoms with Gasteiger partial charge >= 0.3 is 0 Å². The standard InChI is InChI=1S/C39H23N5S/c1-6-18-30-24(12-1)25-13-2-7-19-31(25)43(30)38-40-37(29-17-11-23-35-36(29)28-16-5-10-22-34(28)45-35)41-39(42-38)44-32-20-8-3-14-26(32)27-15-4-9-21-33(27)44/h1-23H. The van der Waals surface area contributed by atoms with E-state index in [9.17, 15) is 0 Å². The number of thiophene rings is 1. The number of benzene rings is 6. The fourth-order valence-electron chi connectivity index (χ4n) is 6.91. The second-order valence-corrected chi connectivity index (χ2v) is 12.4. The van der Waals surface area contributed by atoms with Crippen molar-refractivity contribution in [2.24, 2.45) is 0 Å². The fourth-order valence-corrected chi connectivity index (χ4v) is 8.04. The summed E-state index contributed by atoms with van der Waals surface area (Å²) in [6.45, 7) is 0. The molecule has 0 atom stereocenters. The van der Waals surface area contributed by atoms with Crippen molar-refractivity contribution in [1.29, 1.82) is 0 Å². The Morgan fingerprint density at radius 3 is 1.31 bits per heavy atom. The molecule has 0 unspecified atom stereocenters. The van der Waals surface area contributed by atoms with Gasteiger partial charge in [-0.3, -0.25) is 9.13 Å². The van der Waals surface area contributed by atoms with Gasteiger partial charge in [0.15, 0.2) is 5.82 Å². The van der Waals surface area contributed by atoms with Gasteiger partial charge in [0.2, 0.25) is 11.9 Å². The number of aromatic nitrogens is 5. The predicted octanol–water partition coefficient (Wildman–Crippen LogP) is 10.1. The van der Waals surface area contributed by atoms with Crippen molar-refractivity contribution in [3.05, 3.63) is 140 Å². The Morgan fingerprint density at radius 2 is 0.800 bits per heavy atom. The van der Waals surface area contributed by atoms with Crippen molar-refractivity contribution in [3.8, 4) is 23.3 Å². The molecule has 0 aliphatic rings. The summed E-state index contributed by atoms with van der Waals surface area (Å²) in [7, 11) is 0. The molecule has 0 fully saturated rings. The smallest absolute Gasteiger partial charge is 0.240 e. The molecule has 6 aromatic carbocycles. The Balaban J connectivity index is 1.36. The van der Waals surface area contributed by atoms with Crippen LogP contribution in [0.15, 0.2) is 140 Å². The molecule has 0 saturated carbocycles. The van der Waals surface area contributed by atoms with Crippen LogP contribution in [-0.2, 0) is 0 Å². The van der Waals surface area contributed by atoms with Gasteiger partial charge in [0.25, 0.3) is 0 Å². The molecule has 10 aromatic rings. The first kappa shape index (κ1) is 24.6. The van der Waals surface area contributed by atoms with E-state index in [1.54, 1.807) is 11.3 Å². The van der Waals surface area contributed by atoms with Crippen LogP contribution in [0.3, 0.4) is 0 Å². The molecule has 4 heterocycles. The summed E-state index contributed by atoms with van der Waals surface area (Å²) in [5.41, 5.74) is 5.23. The van der Waals surface area contributed by atoms with Gasteiger partial charge in [0.1, 0.15) is 0 Å². The average Bonchev–Trinajstić information content (AvgIpc) is 3.76. The van der Waals surface area contributed by atoms with Gasteiger partial charge < -0.3 is 0 Å². The minimum Gasteiger partial charge on any atom is -0.278 e. The number of hydrogen-bond acceptors (Lipinski definition) is 4. The highest BCUT2D eigenvalue weighted by atomic mass is 32.1. The van der Waals surface area contributed by atoms with Crippen LogP contribution < -0.4 is 0 Å². The second kappa shape index (κ2) is 9.32. The van der Waals surface area contributed by atoms with E-state index in [1.165, 1.54) is 41.7 Å². The van der Waals surface area contributed by atoms with Gasteiger partial charge in [0, 0.05) is 47.3 Å². The quantitative estimate of drug-likeness (QED) is 0.205. The molecule has 0 aliphatic carbocycles. The number of rotatable bonds is 3. The molecule has 45 heavy (non-hydrogen) atoms. The van der Waals surface area contributed by atoms with Crippen molar-refractivity contribution in [1.82, 2.24) is 24.1 Å². The van der Waals surface area contributed by atoms with Gasteiger partial charge in [-0.25, -0.2) is 0 Å². The van der Waals surface area contributed by atoms with Gasteiger partial charge in [0.05, 0.1) is 22.1 Å². The second-order valence-electron chi connectivity index (χ2n) is 11.3. The van der Waals surface area contributed by atoms with Gasteiger partial charge in [-0.15, -0.1) is 11.3 Å². The lowest BCUT2D eigenvalue weighted by atomic mass is 10.1. The van der Waals surface area contributed by atoms with E-state index in [-0.39, 0.29) is 0 Å². The summed E-state index contributed by atoms with van der Waals surface area (Å²) in [6.07, 6.45) is 0. The van der Waals surface area contributed by atoms with E-state index >= 15 is 0 Å². The van der Waals surface area contributed by atoms with Gasteiger partial charge in [-0.2, -0.15) is 15.0 Å². The Kier molecular flexibility index (Phi) is 5.09. The molecule has 0 spiro atoms. The maximum absolute atomic E-state index is 5.28. The molecular formula is C39H23N5S. The zero-order valence-electron chi connectivity index (χ0n) is 23.9. The van der Waals surface area contributed by atoms with Crippen molar-refractivity contribution >= 4 is 75.1 Å². The SMILES string of the molecule is c1ccc2c(c1)sc1cccc(-c3nc(-n4c5ccccc5c5ccccc54)nc(-n4c5ccccc5c5ccccc54)n3)c12. The fraction of sp³-hybridized carbons (Fsp3) is 0. The minimum absolute atomic E-state index is 0.589. The highest BCUT2D eigenvalue weighted by molar-refractivity contribution is 7.25. The summed E-state index contributed by atoms with van der Waals surface area (Å²) in [5, 5.41) is 7.05. The van der Waals surface area contributed by atoms with Crippen molar-refractivity contribution < 1.29 is 0 Å². The number of para-hydroxylation sites is 4. The molecule has 0 amide bonds. The third-order valence-electron chi connectivity index (χ3n) is 8.82. The Morgan fingerprint density at radius 1 is 0.378 bits per heavy atom. The minimum atomic E-state index is 0.589. The number of fused-ring (bicyclic) bond motifs is 9. The monoisotopic (exact) mass is 593 g/mol. The summed E-state index contributed by atoms with van der Waals surface area (Å²) in [6, 6.07) is 48.9. The maximum Gasteiger partial charge on any atom is 0.240 e. The van der Waals surface area contributed by atoms with Crippen LogP contribution in [0.4, 0.5) is 0 Å². The molecule has 0 radical (unpaired) electrons. The van der Waals surface area contributed by atoms with Crippen LogP contribution >= 0.6 is 11.3 Å². The first-order chi connectivity index (χ1) is 22.3. The highest BCUT2D eigenvalue weighted by Gasteiger charge is 2.21. The molecule has 0 N–H and O–H groups in total. The summed E-state index contributed by atoms with van der Waals surface area (Å²) in [4.78, 5) is 15.9. The van der Waals surface area contributed by atoms with Crippen molar-refractivity contribution in [2.45, 2.75) is 0 Å². The molecule has 0 aliphatic heterocycles. The molecule has 0 saturated heterocycles. The van der Waals surface area contributed by atoms with Crippen molar-refractivity contribution in [3.63, 3.8) is 0 Å². The summed E-state index contributed by atoms with van der Waals surface area (Å²) < 4.78 is 6.82. The Bertz CT molecular complexity index is 2550. The lowest BCUT2D eigenvalue weighted by Gasteiger charge is -2.13. The summed E-state index contributed by atoms with van der Waals surface area (Å²) >= 11 is 1.80. The number of hydrogen-bond donors (Lipinski definition) is 0. The van der Waals surface area contributed by atoms with E-state index in [0.717, 1.165) is 27.6 Å². The normalized spacial score (nSPS) is 12.0. The largest absolute Gasteiger partial charge is 0.278 e. The van der Waals surface area contributed by atoms with E-state index in [4.69, 9.17) is 15.0 Å². The van der Waals surface area contributed by atoms with Gasteiger partial charge in [-0.1, -0.05) is 103 Å². The zero-order valence-corrected chi connectivity index (χ0v) is 24.7. The lowest BCUT2D eigenvalue weighted by Crippen LogP contribution is -2.10. The molecular weight excluding hydrogens is 571 g/mol. The Hall–Kier alpha value is -5.85. The zero-order chi connectivity index (χ0) is 29.5. The molecule has 4 aromatic heterocycles. The van der Waals surface area contributed by atoms with Crippen LogP contribution in [0.5, 0.6) is 0 Å². The predicted molar refractivity (Wildman–Crippen MR) is 187 cm³/mol. The maximum atomic E-state index is 5.28. The first-order valence-corrected chi connectivity index (χ1v) is 15.8. The van der Waals surface area contributed by atoms with Crippen LogP contribution in [-0.4, -0.2) is 24.1 Å². The molecule has 5 nitrogen and oxygen atoms in total. The Labute approximate surface area is 261 Å². The van der Waals surface area contributed by atoms with E-state index in [1.807, 2.05) is 0 Å². The van der Waals surface area contributed by atoms with Crippen LogP contribution in [0, 0.1) is 0 Å². The number of nitrogens with zero attached hydrogens (tertiary/aromatic N) is 5. The van der Waals surface area contributed by atoms with Crippen LogP contribution in [0.25, 0.3) is 87.1 Å². The first-order valence-electron chi connectivity index (χ1n) is 15.0. The van der Waals surface area contributed by atoms with E-state index < -0.39 is 0 Å². The molecule has 0 bridgehead atoms. The molecule has 210 valence electrons. The van der Waals surface area contributed by atoms with Crippen LogP contribution in [0.1, 0.15) is 0 Å². The molecule has 10 rings (SSSR count).